The molecule has 31 heavy (non-hydrogen) atoms. The summed E-state index contributed by atoms with van der Waals surface area (Å²) in [5.41, 5.74) is 8.69. The molecule has 0 unspecified atom stereocenters. The van der Waals surface area contributed by atoms with Crippen LogP contribution in [0, 0.1) is 0 Å². The Balaban J connectivity index is 1.77. The Labute approximate surface area is 182 Å². The molecule has 0 amide bonds. The molecule has 3 heterocycles. The summed E-state index contributed by atoms with van der Waals surface area (Å²) in [6.45, 7) is 10.1. The first-order valence-corrected chi connectivity index (χ1v) is 11.2. The molecule has 2 aromatic heterocycles. The third-order valence-corrected chi connectivity index (χ3v) is 6.64. The summed E-state index contributed by atoms with van der Waals surface area (Å²) in [5, 5.41) is 2.46. The molecule has 5 aromatic rings. The van der Waals surface area contributed by atoms with Gasteiger partial charge in [-0.05, 0) is 30.0 Å². The van der Waals surface area contributed by atoms with Gasteiger partial charge >= 0.3 is 0 Å². The zero-order valence-electron chi connectivity index (χ0n) is 18.5. The van der Waals surface area contributed by atoms with Crippen molar-refractivity contribution in [3.8, 4) is 17.1 Å². The van der Waals surface area contributed by atoms with E-state index in [1.807, 2.05) is 0 Å². The Morgan fingerprint density at radius 1 is 0.903 bits per heavy atom. The average Bonchev–Trinajstić information content (AvgIpc) is 3.43. The number of fused-ring (bicyclic) bond motifs is 6. The van der Waals surface area contributed by atoms with Crippen molar-refractivity contribution in [1.29, 1.82) is 0 Å². The quantitative estimate of drug-likeness (QED) is 0.291. The largest absolute Gasteiger partial charge is 0.456 e. The van der Waals surface area contributed by atoms with Crippen LogP contribution in [0.25, 0.3) is 39.0 Å². The molecule has 1 aliphatic heterocycles. The van der Waals surface area contributed by atoms with Crippen molar-refractivity contribution in [3.63, 3.8) is 0 Å². The van der Waals surface area contributed by atoms with Crippen LogP contribution in [0.4, 0.5) is 0 Å². The molecule has 3 heteroatoms. The molecule has 0 N–H and O–H groups in total. The van der Waals surface area contributed by atoms with Gasteiger partial charge in [0.15, 0.2) is 0 Å². The van der Waals surface area contributed by atoms with Gasteiger partial charge in [-0.1, -0.05) is 64.1 Å². The zero-order chi connectivity index (χ0) is 21.3. The van der Waals surface area contributed by atoms with Crippen molar-refractivity contribution < 1.29 is 8.98 Å². The molecule has 0 atom stereocenters. The summed E-state index contributed by atoms with van der Waals surface area (Å²) in [4.78, 5) is 0. The van der Waals surface area contributed by atoms with Gasteiger partial charge in [-0.3, -0.25) is 0 Å². The van der Waals surface area contributed by atoms with Gasteiger partial charge in [0.1, 0.15) is 35.8 Å². The van der Waals surface area contributed by atoms with Gasteiger partial charge in [0.05, 0.1) is 5.56 Å². The topological polar surface area (TPSA) is 21.9 Å². The number of hydrogen-bond acceptors (Lipinski definition) is 1. The summed E-state index contributed by atoms with van der Waals surface area (Å²) in [5.74, 6) is 2.01. The predicted molar refractivity (Wildman–Crippen MR) is 126 cm³/mol. The molecular weight excluding hydrogens is 380 g/mol. The Morgan fingerprint density at radius 2 is 1.68 bits per heavy atom. The molecule has 6 rings (SSSR count). The van der Waals surface area contributed by atoms with Gasteiger partial charge in [-0.25, -0.2) is 4.57 Å². The van der Waals surface area contributed by atoms with Crippen LogP contribution in [0.15, 0.2) is 71.4 Å². The van der Waals surface area contributed by atoms with E-state index in [9.17, 15) is 0 Å². The molecule has 0 radical (unpaired) electrons. The van der Waals surface area contributed by atoms with Gasteiger partial charge in [0.2, 0.25) is 0 Å². The van der Waals surface area contributed by atoms with Gasteiger partial charge in [0.25, 0.3) is 5.82 Å². The molecule has 0 fully saturated rings. The van der Waals surface area contributed by atoms with Crippen molar-refractivity contribution in [2.75, 3.05) is 0 Å². The summed E-state index contributed by atoms with van der Waals surface area (Å²) < 4.78 is 11.1. The van der Waals surface area contributed by atoms with Gasteiger partial charge in [0, 0.05) is 27.5 Å². The number of aromatic nitrogens is 2. The Morgan fingerprint density at radius 3 is 2.48 bits per heavy atom. The molecule has 154 valence electrons. The first-order chi connectivity index (χ1) is 15.0. The minimum atomic E-state index is 0.358. The average molecular weight is 408 g/mol. The highest BCUT2D eigenvalue weighted by Crippen LogP contribution is 2.43. The van der Waals surface area contributed by atoms with Crippen molar-refractivity contribution in [2.24, 2.45) is 0 Å². The number of para-hydroxylation sites is 1. The fraction of sp³-hybridized carbons (Fsp3) is 0.250. The molecule has 0 saturated heterocycles. The maximum atomic E-state index is 6.34. The van der Waals surface area contributed by atoms with Crippen molar-refractivity contribution in [1.82, 2.24) is 4.57 Å². The van der Waals surface area contributed by atoms with Gasteiger partial charge in [-0.2, -0.15) is 4.57 Å². The van der Waals surface area contributed by atoms with Crippen molar-refractivity contribution in [2.45, 2.75) is 46.1 Å². The molecule has 0 aliphatic carbocycles. The third kappa shape index (κ3) is 2.56. The van der Waals surface area contributed by atoms with Crippen molar-refractivity contribution in [3.05, 3.63) is 83.7 Å². The van der Waals surface area contributed by atoms with Crippen LogP contribution in [0.5, 0.6) is 0 Å². The van der Waals surface area contributed by atoms with E-state index in [0.717, 1.165) is 17.7 Å². The van der Waals surface area contributed by atoms with E-state index in [1.54, 1.807) is 0 Å². The maximum Gasteiger partial charge on any atom is 0.294 e. The Hall–Kier alpha value is -3.33. The highest BCUT2D eigenvalue weighted by molar-refractivity contribution is 6.08. The smallest absolute Gasteiger partial charge is 0.294 e. The molecular formula is C28H27N2O+. The van der Waals surface area contributed by atoms with Gasteiger partial charge in [-0.15, -0.1) is 0 Å². The molecule has 3 aromatic carbocycles. The summed E-state index contributed by atoms with van der Waals surface area (Å²) >= 11 is 0. The SMILES string of the molecule is CC(C)c1cc2oc3ccccc3c2c(C(C)C)c1-n1cc[n+]2c1-c1ccccc1C2. The highest BCUT2D eigenvalue weighted by atomic mass is 16.3. The van der Waals surface area contributed by atoms with E-state index < -0.39 is 0 Å². The molecule has 3 nitrogen and oxygen atoms in total. The molecule has 1 aliphatic rings. The van der Waals surface area contributed by atoms with E-state index in [-0.39, 0.29) is 0 Å². The number of hydrogen-bond donors (Lipinski definition) is 0. The number of benzene rings is 3. The van der Waals surface area contributed by atoms with Crippen LogP contribution in [0.1, 0.15) is 56.2 Å². The second-order valence-corrected chi connectivity index (χ2v) is 9.29. The van der Waals surface area contributed by atoms with Crippen LogP contribution in [0.2, 0.25) is 0 Å². The summed E-state index contributed by atoms with van der Waals surface area (Å²) in [7, 11) is 0. The highest BCUT2D eigenvalue weighted by Gasteiger charge is 2.34. The Bertz CT molecular complexity index is 1470. The van der Waals surface area contributed by atoms with Gasteiger partial charge < -0.3 is 4.42 Å². The molecule has 0 saturated carbocycles. The number of furan rings is 1. The fourth-order valence-electron chi connectivity index (χ4n) is 5.28. The lowest BCUT2D eigenvalue weighted by atomic mass is 9.88. The van der Waals surface area contributed by atoms with Crippen LogP contribution < -0.4 is 4.57 Å². The van der Waals surface area contributed by atoms with Crippen molar-refractivity contribution >= 4 is 21.9 Å². The first kappa shape index (κ1) is 18.4. The first-order valence-electron chi connectivity index (χ1n) is 11.2. The minimum absolute atomic E-state index is 0.358. The molecule has 0 spiro atoms. The second kappa shape index (κ2) is 6.58. The van der Waals surface area contributed by atoms with E-state index in [2.05, 4.69) is 104 Å². The minimum Gasteiger partial charge on any atom is -0.456 e. The van der Waals surface area contributed by atoms with E-state index in [0.29, 0.717) is 11.8 Å². The van der Waals surface area contributed by atoms with Crippen LogP contribution in [-0.2, 0) is 6.54 Å². The van der Waals surface area contributed by atoms with E-state index in [4.69, 9.17) is 4.42 Å². The maximum absolute atomic E-state index is 6.34. The predicted octanol–water partition coefficient (Wildman–Crippen LogP) is 6.94. The van der Waals surface area contributed by atoms with E-state index >= 15 is 0 Å². The summed E-state index contributed by atoms with van der Waals surface area (Å²) in [6, 6.07) is 19.5. The molecule has 0 bridgehead atoms. The normalized spacial score (nSPS) is 13.0. The van der Waals surface area contributed by atoms with Crippen LogP contribution in [0.3, 0.4) is 0 Å². The van der Waals surface area contributed by atoms with Crippen LogP contribution >= 0.6 is 0 Å². The third-order valence-electron chi connectivity index (χ3n) is 6.64. The lowest BCUT2D eigenvalue weighted by Gasteiger charge is -2.19. The van der Waals surface area contributed by atoms with E-state index in [1.165, 1.54) is 44.5 Å². The zero-order valence-corrected chi connectivity index (χ0v) is 18.5. The number of imidazole rings is 1. The number of nitrogens with zero attached hydrogens (tertiary/aromatic N) is 2. The lowest BCUT2D eigenvalue weighted by Crippen LogP contribution is -2.30. The summed E-state index contributed by atoms with van der Waals surface area (Å²) in [6.07, 6.45) is 4.47. The standard InChI is InChI=1S/C28H27N2O/c1-17(2)22-15-24-26(21-11-7-8-12-23(21)31-24)25(18(3)4)27(22)30-14-13-29-16-19-9-5-6-10-20(19)28(29)30/h5-15,17-18H,16H2,1-4H3/q+1. The lowest BCUT2D eigenvalue weighted by molar-refractivity contribution is -0.671. The Kier molecular flexibility index (Phi) is 3.92. The number of rotatable bonds is 3. The monoisotopic (exact) mass is 407 g/mol. The van der Waals surface area contributed by atoms with Crippen LogP contribution in [-0.4, -0.2) is 4.57 Å². The second-order valence-electron chi connectivity index (χ2n) is 9.29. The fourth-order valence-corrected chi connectivity index (χ4v) is 5.28.